The van der Waals surface area contributed by atoms with Gasteiger partial charge in [0.2, 0.25) is 0 Å². The van der Waals surface area contributed by atoms with Crippen LogP contribution in [-0.2, 0) is 19.7 Å². The van der Waals surface area contributed by atoms with Gasteiger partial charge in [-0.2, -0.15) is 5.26 Å². The van der Waals surface area contributed by atoms with Crippen molar-refractivity contribution in [2.24, 2.45) is 0 Å². The van der Waals surface area contributed by atoms with Crippen LogP contribution in [0.4, 0.5) is 0 Å². The summed E-state index contributed by atoms with van der Waals surface area (Å²) < 4.78 is 47.7. The van der Waals surface area contributed by atoms with Gasteiger partial charge in [0.15, 0.2) is 19.7 Å². The Kier molecular flexibility index (Phi) is 6.37. The number of benzene rings is 1. The molecule has 1 rings (SSSR count). The lowest BCUT2D eigenvalue weighted by Gasteiger charge is -2.06. The second kappa shape index (κ2) is 7.57. The zero-order valence-electron chi connectivity index (χ0n) is 11.9. The molecule has 0 saturated carbocycles. The minimum Gasteiger partial charge on any atom is -0.229 e. The molecule has 7 heteroatoms. The number of hydrogen-bond acceptors (Lipinski definition) is 5. The van der Waals surface area contributed by atoms with E-state index in [-0.39, 0.29) is 16.4 Å². The highest BCUT2D eigenvalue weighted by atomic mass is 32.2. The van der Waals surface area contributed by atoms with Crippen molar-refractivity contribution in [3.63, 3.8) is 0 Å². The number of hydrogen-bond donors (Lipinski definition) is 0. The van der Waals surface area contributed by atoms with E-state index in [1.165, 1.54) is 24.3 Å². The van der Waals surface area contributed by atoms with Crippen molar-refractivity contribution < 1.29 is 16.8 Å². The van der Waals surface area contributed by atoms with Gasteiger partial charge in [0.25, 0.3) is 0 Å². The highest BCUT2D eigenvalue weighted by Crippen LogP contribution is 2.13. The maximum atomic E-state index is 12.1. The average molecular weight is 329 g/mol. The molecule has 0 radical (unpaired) electrons. The third-order valence-corrected chi connectivity index (χ3v) is 6.79. The molecule has 0 N–H and O–H groups in total. The lowest BCUT2D eigenvalue weighted by Crippen LogP contribution is -2.19. The molecule has 5 nitrogen and oxygen atoms in total. The Morgan fingerprint density at radius 2 is 1.57 bits per heavy atom. The maximum Gasteiger partial charge on any atom is 0.179 e. The minimum atomic E-state index is -3.64. The minimum absolute atomic E-state index is 0.0315. The van der Waals surface area contributed by atoms with E-state index in [2.05, 4.69) is 0 Å². The Morgan fingerprint density at radius 1 is 0.952 bits per heavy atom. The second-order valence-electron chi connectivity index (χ2n) is 4.81. The topological polar surface area (TPSA) is 92.1 Å². The first-order valence-corrected chi connectivity index (χ1v) is 10.2. The summed E-state index contributed by atoms with van der Waals surface area (Å²) in [6, 6.07) is 7.37. The Morgan fingerprint density at radius 3 is 2.10 bits per heavy atom. The van der Waals surface area contributed by atoms with Crippen LogP contribution in [-0.4, -0.2) is 34.1 Å². The predicted molar refractivity (Wildman–Crippen MR) is 81.4 cm³/mol. The summed E-state index contributed by atoms with van der Waals surface area (Å²) in [4.78, 5) is 0.0465. The first-order valence-electron chi connectivity index (χ1n) is 6.74. The molecule has 0 aromatic heterocycles. The van der Waals surface area contributed by atoms with Gasteiger partial charge in [-0.25, -0.2) is 16.8 Å². The van der Waals surface area contributed by atoms with Crippen LogP contribution >= 0.6 is 0 Å². The molecule has 0 aliphatic heterocycles. The van der Waals surface area contributed by atoms with Crippen molar-refractivity contribution >= 4 is 19.7 Å². The van der Waals surface area contributed by atoms with Gasteiger partial charge in [0.1, 0.15) is 0 Å². The summed E-state index contributed by atoms with van der Waals surface area (Å²) >= 11 is 0. The smallest absolute Gasteiger partial charge is 0.179 e. The molecule has 0 aliphatic rings. The molecule has 1 aromatic carbocycles. The number of sulfone groups is 2. The number of rotatable bonds is 8. The SMILES string of the molecule is CCCCCS(=O)(=O)CCS(=O)(=O)c1ccc(C#N)cc1. The molecule has 0 unspecified atom stereocenters. The first kappa shape index (κ1) is 17.7. The van der Waals surface area contributed by atoms with Crippen LogP contribution in [0.2, 0.25) is 0 Å². The van der Waals surface area contributed by atoms with Crippen LogP contribution in [0.3, 0.4) is 0 Å². The zero-order valence-corrected chi connectivity index (χ0v) is 13.6. The molecule has 0 aliphatic carbocycles. The van der Waals surface area contributed by atoms with Crippen LogP contribution in [0.25, 0.3) is 0 Å². The molecule has 116 valence electrons. The third kappa shape index (κ3) is 5.86. The van der Waals surface area contributed by atoms with E-state index in [1.807, 2.05) is 13.0 Å². The normalized spacial score (nSPS) is 12.0. The van der Waals surface area contributed by atoms with Crippen molar-refractivity contribution in [2.75, 3.05) is 17.3 Å². The summed E-state index contributed by atoms with van der Waals surface area (Å²) in [6.07, 6.45) is 2.30. The Bertz CT molecular complexity index is 698. The van der Waals surface area contributed by atoms with Crippen LogP contribution in [0.1, 0.15) is 31.7 Å². The van der Waals surface area contributed by atoms with Crippen LogP contribution < -0.4 is 0 Å². The molecule has 21 heavy (non-hydrogen) atoms. The highest BCUT2D eigenvalue weighted by molar-refractivity contribution is 7.95. The van der Waals surface area contributed by atoms with E-state index in [0.29, 0.717) is 12.0 Å². The quantitative estimate of drug-likeness (QED) is 0.680. The summed E-state index contributed by atoms with van der Waals surface area (Å²) in [5.41, 5.74) is 0.362. The predicted octanol–water partition coefficient (Wildman–Crippen LogP) is 1.94. The lowest BCUT2D eigenvalue weighted by molar-refractivity contribution is 0.584. The monoisotopic (exact) mass is 329 g/mol. The van der Waals surface area contributed by atoms with Crippen molar-refractivity contribution in [1.82, 2.24) is 0 Å². The van der Waals surface area contributed by atoms with E-state index in [1.54, 1.807) is 0 Å². The molecular weight excluding hydrogens is 310 g/mol. The fourth-order valence-corrected chi connectivity index (χ4v) is 5.29. The molecule has 0 saturated heterocycles. The molecule has 0 atom stereocenters. The molecule has 0 amide bonds. The van der Waals surface area contributed by atoms with Gasteiger partial charge >= 0.3 is 0 Å². The molecule has 0 heterocycles. The molecule has 0 bridgehead atoms. The van der Waals surface area contributed by atoms with E-state index in [0.717, 1.165) is 12.8 Å². The van der Waals surface area contributed by atoms with Gasteiger partial charge in [-0.1, -0.05) is 19.8 Å². The Balaban J connectivity index is 2.70. The van der Waals surface area contributed by atoms with Crippen LogP contribution in [0.15, 0.2) is 29.2 Å². The molecule has 1 aromatic rings. The van der Waals surface area contributed by atoms with E-state index in [4.69, 9.17) is 5.26 Å². The Labute approximate surface area is 126 Å². The molecular formula is C14H19NO4S2. The largest absolute Gasteiger partial charge is 0.229 e. The first-order chi connectivity index (χ1) is 9.80. The van der Waals surface area contributed by atoms with Crippen LogP contribution in [0.5, 0.6) is 0 Å². The highest BCUT2D eigenvalue weighted by Gasteiger charge is 2.19. The average Bonchev–Trinajstić information content (AvgIpc) is 2.46. The van der Waals surface area contributed by atoms with Crippen molar-refractivity contribution in [2.45, 2.75) is 31.1 Å². The van der Waals surface area contributed by atoms with Gasteiger partial charge in [0.05, 0.1) is 33.8 Å². The van der Waals surface area contributed by atoms with Gasteiger partial charge in [-0.15, -0.1) is 0 Å². The fraction of sp³-hybridized carbons (Fsp3) is 0.500. The van der Waals surface area contributed by atoms with E-state index >= 15 is 0 Å². The standard InChI is InChI=1S/C14H19NO4S2/c1-2-3-4-9-20(16,17)10-11-21(18,19)14-7-5-13(12-15)6-8-14/h5-8H,2-4,9-11H2,1H3. The van der Waals surface area contributed by atoms with Gasteiger partial charge in [-0.05, 0) is 30.7 Å². The van der Waals surface area contributed by atoms with Gasteiger partial charge in [-0.3, -0.25) is 0 Å². The van der Waals surface area contributed by atoms with E-state index in [9.17, 15) is 16.8 Å². The maximum absolute atomic E-state index is 12.1. The van der Waals surface area contributed by atoms with Crippen molar-refractivity contribution in [3.8, 4) is 6.07 Å². The molecule has 0 spiro atoms. The lowest BCUT2D eigenvalue weighted by atomic mass is 10.2. The van der Waals surface area contributed by atoms with E-state index < -0.39 is 25.4 Å². The van der Waals surface area contributed by atoms with Crippen molar-refractivity contribution in [3.05, 3.63) is 29.8 Å². The van der Waals surface area contributed by atoms with Crippen LogP contribution in [0, 0.1) is 11.3 Å². The van der Waals surface area contributed by atoms with Crippen molar-refractivity contribution in [1.29, 1.82) is 5.26 Å². The third-order valence-electron chi connectivity index (χ3n) is 3.06. The summed E-state index contributed by atoms with van der Waals surface area (Å²) in [7, 11) is -6.98. The summed E-state index contributed by atoms with van der Waals surface area (Å²) in [5.74, 6) is -0.754. The Hall–Kier alpha value is -1.39. The second-order valence-corrected chi connectivity index (χ2v) is 9.23. The number of nitrogens with zero attached hydrogens (tertiary/aromatic N) is 1. The fourth-order valence-electron chi connectivity index (χ4n) is 1.77. The zero-order chi connectivity index (χ0) is 15.9. The summed E-state index contributed by atoms with van der Waals surface area (Å²) in [5, 5.41) is 8.67. The molecule has 0 fully saturated rings. The number of nitriles is 1. The summed E-state index contributed by atoms with van der Waals surface area (Å²) in [6.45, 7) is 1.97. The number of unbranched alkanes of at least 4 members (excludes halogenated alkanes) is 2. The van der Waals surface area contributed by atoms with Gasteiger partial charge in [0, 0.05) is 0 Å². The van der Waals surface area contributed by atoms with Gasteiger partial charge < -0.3 is 0 Å².